The zero-order chi connectivity index (χ0) is 12.0. The molecule has 2 bridgehead atoms. The highest BCUT2D eigenvalue weighted by Gasteiger charge is 2.45. The van der Waals surface area contributed by atoms with E-state index in [0.717, 1.165) is 6.42 Å². The molecule has 0 saturated carbocycles. The Morgan fingerprint density at radius 3 is 2.71 bits per heavy atom. The molecule has 0 radical (unpaired) electrons. The zero-order valence-corrected chi connectivity index (χ0v) is 11.4. The van der Waals surface area contributed by atoms with Crippen molar-refractivity contribution in [3.05, 3.63) is 28.7 Å². The fraction of sp³-hybridized carbons (Fsp3) is 0.455. The molecule has 3 rings (SSSR count). The molecule has 1 aromatic rings. The first-order valence-corrected chi connectivity index (χ1v) is 7.70. The van der Waals surface area contributed by atoms with Gasteiger partial charge >= 0.3 is 0 Å². The average molecular weight is 318 g/mol. The molecule has 2 fully saturated rings. The molecule has 2 aliphatic rings. The van der Waals surface area contributed by atoms with Crippen molar-refractivity contribution in [2.24, 2.45) is 0 Å². The second-order valence-electron chi connectivity index (χ2n) is 4.35. The molecule has 0 N–H and O–H groups in total. The zero-order valence-electron chi connectivity index (χ0n) is 9.04. The Morgan fingerprint density at radius 2 is 2.12 bits per heavy atom. The number of nitrogens with zero attached hydrogens (tertiary/aromatic N) is 1. The number of halogens is 1. The fourth-order valence-electron chi connectivity index (χ4n) is 2.44. The number of rotatable bonds is 2. The Kier molecular flexibility index (Phi) is 2.77. The molecule has 2 saturated heterocycles. The minimum Gasteiger partial charge on any atom is -0.375 e. The van der Waals surface area contributed by atoms with E-state index in [0.29, 0.717) is 22.5 Å². The van der Waals surface area contributed by atoms with Gasteiger partial charge in [-0.1, -0.05) is 12.1 Å². The highest BCUT2D eigenvalue weighted by molar-refractivity contribution is 9.10. The average Bonchev–Trinajstić information content (AvgIpc) is 2.91. The van der Waals surface area contributed by atoms with Crippen molar-refractivity contribution in [2.75, 3.05) is 13.2 Å². The lowest BCUT2D eigenvalue weighted by Gasteiger charge is -2.26. The van der Waals surface area contributed by atoms with Gasteiger partial charge < -0.3 is 4.74 Å². The number of benzene rings is 1. The molecule has 0 aromatic heterocycles. The second kappa shape index (κ2) is 4.05. The van der Waals surface area contributed by atoms with Crippen LogP contribution in [0, 0.1) is 0 Å². The molecular formula is C11H12BrNO3S. The van der Waals surface area contributed by atoms with E-state index in [-0.39, 0.29) is 12.1 Å². The topological polar surface area (TPSA) is 46.6 Å². The van der Waals surface area contributed by atoms with Crippen LogP contribution in [-0.2, 0) is 14.8 Å². The summed E-state index contributed by atoms with van der Waals surface area (Å²) in [4.78, 5) is 0.340. The predicted octanol–water partition coefficient (Wildman–Crippen LogP) is 1.61. The second-order valence-corrected chi connectivity index (χ2v) is 7.06. The molecule has 92 valence electrons. The number of hydrogen-bond donors (Lipinski definition) is 0. The molecule has 2 heterocycles. The third kappa shape index (κ3) is 1.83. The van der Waals surface area contributed by atoms with Gasteiger partial charge in [0, 0.05) is 11.0 Å². The summed E-state index contributed by atoms with van der Waals surface area (Å²) in [7, 11) is -3.39. The third-order valence-electron chi connectivity index (χ3n) is 3.27. The summed E-state index contributed by atoms with van der Waals surface area (Å²) in [6, 6.07) is 6.94. The molecule has 0 aliphatic carbocycles. The van der Waals surface area contributed by atoms with E-state index in [9.17, 15) is 8.42 Å². The lowest BCUT2D eigenvalue weighted by Crippen LogP contribution is -2.41. The van der Waals surface area contributed by atoms with Crippen LogP contribution < -0.4 is 0 Å². The van der Waals surface area contributed by atoms with Crippen molar-refractivity contribution in [2.45, 2.75) is 23.5 Å². The van der Waals surface area contributed by atoms with Crippen LogP contribution in [0.4, 0.5) is 0 Å². The van der Waals surface area contributed by atoms with Gasteiger partial charge in [-0.3, -0.25) is 0 Å². The largest absolute Gasteiger partial charge is 0.375 e. The number of sulfonamides is 1. The van der Waals surface area contributed by atoms with E-state index in [1.54, 1.807) is 22.5 Å². The first-order chi connectivity index (χ1) is 8.09. The minimum absolute atomic E-state index is 0.0112. The van der Waals surface area contributed by atoms with Gasteiger partial charge in [-0.2, -0.15) is 4.31 Å². The van der Waals surface area contributed by atoms with Gasteiger partial charge in [-0.05, 0) is 34.5 Å². The number of fused-ring (bicyclic) bond motifs is 2. The van der Waals surface area contributed by atoms with Gasteiger partial charge in [-0.15, -0.1) is 0 Å². The van der Waals surface area contributed by atoms with Crippen molar-refractivity contribution in [3.8, 4) is 0 Å². The summed E-state index contributed by atoms with van der Waals surface area (Å²) in [6.45, 7) is 1.00. The Balaban J connectivity index is 2.00. The lowest BCUT2D eigenvalue weighted by atomic mass is 10.3. The first kappa shape index (κ1) is 11.6. The van der Waals surface area contributed by atoms with Crippen molar-refractivity contribution in [3.63, 3.8) is 0 Å². The maximum atomic E-state index is 12.5. The van der Waals surface area contributed by atoms with Crippen LogP contribution in [0.3, 0.4) is 0 Å². The summed E-state index contributed by atoms with van der Waals surface area (Å²) < 4.78 is 32.6. The quantitative estimate of drug-likeness (QED) is 0.832. The molecule has 2 atom stereocenters. The fourth-order valence-corrected chi connectivity index (χ4v) is 5.06. The Morgan fingerprint density at radius 1 is 1.35 bits per heavy atom. The minimum atomic E-state index is -3.39. The molecule has 4 nitrogen and oxygen atoms in total. The van der Waals surface area contributed by atoms with Crippen molar-refractivity contribution < 1.29 is 13.2 Å². The Bertz CT molecular complexity index is 545. The summed E-state index contributed by atoms with van der Waals surface area (Å²) in [5.41, 5.74) is 0. The number of morpholine rings is 1. The van der Waals surface area contributed by atoms with E-state index >= 15 is 0 Å². The van der Waals surface area contributed by atoms with Gasteiger partial charge in [0.2, 0.25) is 10.0 Å². The van der Waals surface area contributed by atoms with Crippen LogP contribution in [0.15, 0.2) is 33.6 Å². The molecule has 2 aliphatic heterocycles. The molecule has 0 spiro atoms. The maximum Gasteiger partial charge on any atom is 0.244 e. The maximum absolute atomic E-state index is 12.5. The van der Waals surface area contributed by atoms with Crippen LogP contribution in [0.25, 0.3) is 0 Å². The summed E-state index contributed by atoms with van der Waals surface area (Å²) in [5, 5.41) is 0. The van der Waals surface area contributed by atoms with Crippen LogP contribution >= 0.6 is 15.9 Å². The highest BCUT2D eigenvalue weighted by Crippen LogP contribution is 2.34. The Labute approximate surface area is 109 Å². The normalized spacial score (nSPS) is 28.8. The van der Waals surface area contributed by atoms with E-state index < -0.39 is 10.0 Å². The van der Waals surface area contributed by atoms with Crippen LogP contribution in [0.5, 0.6) is 0 Å². The number of ether oxygens (including phenoxy) is 1. The van der Waals surface area contributed by atoms with Crippen molar-refractivity contribution >= 4 is 26.0 Å². The summed E-state index contributed by atoms with van der Waals surface area (Å²) >= 11 is 3.30. The van der Waals surface area contributed by atoms with E-state index in [1.165, 1.54) is 0 Å². The van der Waals surface area contributed by atoms with E-state index in [4.69, 9.17) is 4.74 Å². The van der Waals surface area contributed by atoms with Gasteiger partial charge in [0.1, 0.15) is 0 Å². The third-order valence-corrected chi connectivity index (χ3v) is 6.20. The van der Waals surface area contributed by atoms with Crippen LogP contribution in [0.1, 0.15) is 6.42 Å². The molecular weight excluding hydrogens is 306 g/mol. The standard InChI is InChI=1S/C11H12BrNO3S/c12-10-3-1-2-4-11(10)17(14,15)13-6-9-5-8(13)7-16-9/h1-4,8-9H,5-7H2/t8-,9-/m0/s1. The number of hydrogen-bond acceptors (Lipinski definition) is 3. The molecule has 0 amide bonds. The predicted molar refractivity (Wildman–Crippen MR) is 66.2 cm³/mol. The monoisotopic (exact) mass is 317 g/mol. The van der Waals surface area contributed by atoms with Gasteiger partial charge in [0.25, 0.3) is 0 Å². The highest BCUT2D eigenvalue weighted by atomic mass is 79.9. The van der Waals surface area contributed by atoms with Crippen molar-refractivity contribution in [1.82, 2.24) is 4.31 Å². The smallest absolute Gasteiger partial charge is 0.244 e. The van der Waals surface area contributed by atoms with Gasteiger partial charge in [0.15, 0.2) is 0 Å². The van der Waals surface area contributed by atoms with Gasteiger partial charge in [0.05, 0.1) is 23.6 Å². The molecule has 6 heteroatoms. The first-order valence-electron chi connectivity index (χ1n) is 5.47. The van der Waals surface area contributed by atoms with Crippen LogP contribution in [-0.4, -0.2) is 38.0 Å². The molecule has 17 heavy (non-hydrogen) atoms. The molecule has 1 aromatic carbocycles. The summed E-state index contributed by atoms with van der Waals surface area (Å²) in [5.74, 6) is 0. The Hall–Kier alpha value is -0.430. The van der Waals surface area contributed by atoms with E-state index in [1.807, 2.05) is 6.07 Å². The SMILES string of the molecule is O=S(=O)(c1ccccc1Br)N1C[C@@H]2C[C@H]1CO2. The van der Waals surface area contributed by atoms with E-state index in [2.05, 4.69) is 15.9 Å². The van der Waals surface area contributed by atoms with Crippen LogP contribution in [0.2, 0.25) is 0 Å². The molecule has 0 unspecified atom stereocenters. The van der Waals surface area contributed by atoms with Crippen molar-refractivity contribution in [1.29, 1.82) is 0 Å². The summed E-state index contributed by atoms with van der Waals surface area (Å²) in [6.07, 6.45) is 0.904. The lowest BCUT2D eigenvalue weighted by molar-refractivity contribution is 0.0608. The van der Waals surface area contributed by atoms with Gasteiger partial charge in [-0.25, -0.2) is 8.42 Å².